The molecule has 0 spiro atoms. The second-order valence-corrected chi connectivity index (χ2v) is 3.53. The van der Waals surface area contributed by atoms with Crippen LogP contribution in [0.2, 0.25) is 5.02 Å². The number of hydrogen-bond acceptors (Lipinski definition) is 1. The smallest absolute Gasteiger partial charge is 0.338 e. The summed E-state index contributed by atoms with van der Waals surface area (Å²) in [6, 6.07) is 7.49. The van der Waals surface area contributed by atoms with E-state index in [-0.39, 0.29) is 10.9 Å². The number of rotatable bonds is 1. The second-order valence-electron chi connectivity index (χ2n) is 3.10. The lowest BCUT2D eigenvalue weighted by Crippen LogP contribution is -2.00. The van der Waals surface area contributed by atoms with Gasteiger partial charge in [0.05, 0.1) is 5.56 Å². The fourth-order valence-electron chi connectivity index (χ4n) is 1.42. The van der Waals surface area contributed by atoms with Crippen molar-refractivity contribution in [3.8, 4) is 0 Å². The number of carboxylic acid groups (broad SMARTS) is 1. The molecule has 4 heteroatoms. The van der Waals surface area contributed by atoms with Crippen LogP contribution < -0.4 is 0 Å². The fraction of sp³-hybridized carbons (Fsp3) is 0. The number of fused-ring (bicyclic) bond motifs is 1. The topological polar surface area (TPSA) is 37.3 Å². The molecule has 2 nitrogen and oxygen atoms in total. The molecule has 0 aromatic heterocycles. The minimum atomic E-state index is -1.28. The minimum Gasteiger partial charge on any atom is -0.478 e. The minimum absolute atomic E-state index is 0.224. The van der Waals surface area contributed by atoms with Crippen LogP contribution in [-0.4, -0.2) is 11.1 Å². The van der Waals surface area contributed by atoms with Gasteiger partial charge in [0.15, 0.2) is 0 Å². The van der Waals surface area contributed by atoms with Crippen molar-refractivity contribution in [3.63, 3.8) is 0 Å². The molecule has 15 heavy (non-hydrogen) atoms. The van der Waals surface area contributed by atoms with Crippen LogP contribution in [0.5, 0.6) is 0 Å². The molecule has 0 saturated heterocycles. The standard InChI is InChI=1S/C11H6ClFO2/c12-7-3-1-6-2-4-8(11(14)15)10(13)9(6)5-7/h1-5H,(H,14,15). The third-order valence-electron chi connectivity index (χ3n) is 2.15. The van der Waals surface area contributed by atoms with E-state index in [0.29, 0.717) is 10.4 Å². The van der Waals surface area contributed by atoms with Crippen LogP contribution in [0.3, 0.4) is 0 Å². The maximum absolute atomic E-state index is 13.7. The molecule has 0 bridgehead atoms. The van der Waals surface area contributed by atoms with Gasteiger partial charge in [-0.3, -0.25) is 0 Å². The SMILES string of the molecule is O=C(O)c1ccc2ccc(Cl)cc2c1F. The molecule has 2 aromatic carbocycles. The Labute approximate surface area is 89.9 Å². The molecule has 0 saturated carbocycles. The molecule has 76 valence electrons. The zero-order valence-corrected chi connectivity index (χ0v) is 8.25. The van der Waals surface area contributed by atoms with Gasteiger partial charge in [-0.1, -0.05) is 23.7 Å². The molecule has 0 fully saturated rings. The maximum atomic E-state index is 13.7. The zero-order valence-electron chi connectivity index (χ0n) is 7.50. The summed E-state index contributed by atoms with van der Waals surface area (Å²) in [6.45, 7) is 0. The average molecular weight is 225 g/mol. The monoisotopic (exact) mass is 224 g/mol. The number of carbonyl (C=O) groups is 1. The van der Waals surface area contributed by atoms with Crippen molar-refractivity contribution in [2.75, 3.05) is 0 Å². The molecule has 2 rings (SSSR count). The Hall–Kier alpha value is -1.61. The molecule has 0 aliphatic carbocycles. The van der Waals surface area contributed by atoms with Gasteiger partial charge in [-0.15, -0.1) is 0 Å². The maximum Gasteiger partial charge on any atom is 0.338 e. The molecule has 0 unspecified atom stereocenters. The summed E-state index contributed by atoms with van der Waals surface area (Å²) < 4.78 is 13.7. The van der Waals surface area contributed by atoms with Gasteiger partial charge >= 0.3 is 5.97 Å². The molecule has 0 aliphatic rings. The van der Waals surface area contributed by atoms with E-state index in [1.54, 1.807) is 18.2 Å². The average Bonchev–Trinajstić information content (AvgIpc) is 2.19. The van der Waals surface area contributed by atoms with Crippen molar-refractivity contribution in [2.45, 2.75) is 0 Å². The molecule has 0 radical (unpaired) electrons. The van der Waals surface area contributed by atoms with Crippen molar-refractivity contribution in [3.05, 3.63) is 46.7 Å². The summed E-state index contributed by atoms with van der Waals surface area (Å²) in [7, 11) is 0. The van der Waals surface area contributed by atoms with Gasteiger partial charge in [-0.2, -0.15) is 0 Å². The number of hydrogen-bond donors (Lipinski definition) is 1. The van der Waals surface area contributed by atoms with E-state index in [0.717, 1.165) is 0 Å². The van der Waals surface area contributed by atoms with Gasteiger partial charge in [0, 0.05) is 10.4 Å². The van der Waals surface area contributed by atoms with Crippen LogP contribution in [-0.2, 0) is 0 Å². The first kappa shape index (κ1) is 9.93. The van der Waals surface area contributed by atoms with Crippen molar-refractivity contribution < 1.29 is 14.3 Å². The molecule has 0 amide bonds. The van der Waals surface area contributed by atoms with Crippen LogP contribution in [0.4, 0.5) is 4.39 Å². The molecule has 1 N–H and O–H groups in total. The first-order chi connectivity index (χ1) is 7.09. The van der Waals surface area contributed by atoms with Gasteiger partial charge in [0.2, 0.25) is 0 Å². The first-order valence-electron chi connectivity index (χ1n) is 4.20. The van der Waals surface area contributed by atoms with Gasteiger partial charge in [-0.05, 0) is 23.6 Å². The highest BCUT2D eigenvalue weighted by atomic mass is 35.5. The van der Waals surface area contributed by atoms with Crippen LogP contribution in [0.1, 0.15) is 10.4 Å². The zero-order chi connectivity index (χ0) is 11.0. The Balaban J connectivity index is 2.82. The van der Waals surface area contributed by atoms with E-state index >= 15 is 0 Å². The highest BCUT2D eigenvalue weighted by molar-refractivity contribution is 6.31. The quantitative estimate of drug-likeness (QED) is 0.807. The van der Waals surface area contributed by atoms with E-state index in [4.69, 9.17) is 16.7 Å². The Bertz CT molecular complexity index is 552. The number of aromatic carboxylic acids is 1. The van der Waals surface area contributed by atoms with Gasteiger partial charge in [0.25, 0.3) is 0 Å². The van der Waals surface area contributed by atoms with E-state index in [9.17, 15) is 9.18 Å². The number of benzene rings is 2. The molecule has 0 atom stereocenters. The van der Waals surface area contributed by atoms with Crippen molar-refractivity contribution >= 4 is 28.3 Å². The van der Waals surface area contributed by atoms with Crippen LogP contribution in [0.25, 0.3) is 10.8 Å². The molecule has 0 heterocycles. The highest BCUT2D eigenvalue weighted by Crippen LogP contribution is 2.24. The fourth-order valence-corrected chi connectivity index (χ4v) is 1.59. The molecule has 2 aromatic rings. The van der Waals surface area contributed by atoms with Crippen LogP contribution in [0, 0.1) is 5.82 Å². The Kier molecular flexibility index (Phi) is 2.32. The second kappa shape index (κ2) is 3.51. The molecule has 0 aliphatic heterocycles. The molecular formula is C11H6ClFO2. The Morgan fingerprint density at radius 2 is 1.93 bits per heavy atom. The van der Waals surface area contributed by atoms with Crippen molar-refractivity contribution in [1.82, 2.24) is 0 Å². The van der Waals surface area contributed by atoms with Crippen molar-refractivity contribution in [1.29, 1.82) is 0 Å². The van der Waals surface area contributed by atoms with Crippen LogP contribution in [0.15, 0.2) is 30.3 Å². The summed E-state index contributed by atoms with van der Waals surface area (Å²) in [5.74, 6) is -2.03. The predicted molar refractivity (Wildman–Crippen MR) is 55.9 cm³/mol. The summed E-state index contributed by atoms with van der Waals surface area (Å²) in [5, 5.41) is 9.95. The third kappa shape index (κ3) is 1.66. The van der Waals surface area contributed by atoms with Gasteiger partial charge < -0.3 is 5.11 Å². The van der Waals surface area contributed by atoms with E-state index < -0.39 is 11.8 Å². The highest BCUT2D eigenvalue weighted by Gasteiger charge is 2.12. The summed E-state index contributed by atoms with van der Waals surface area (Å²) in [5.41, 5.74) is -0.343. The lowest BCUT2D eigenvalue weighted by atomic mass is 10.1. The normalized spacial score (nSPS) is 10.5. The van der Waals surface area contributed by atoms with Crippen LogP contribution >= 0.6 is 11.6 Å². The van der Waals surface area contributed by atoms with E-state index in [2.05, 4.69) is 0 Å². The van der Waals surface area contributed by atoms with E-state index in [1.165, 1.54) is 12.1 Å². The first-order valence-corrected chi connectivity index (χ1v) is 4.58. The van der Waals surface area contributed by atoms with Crippen molar-refractivity contribution in [2.24, 2.45) is 0 Å². The Morgan fingerprint density at radius 1 is 1.27 bits per heavy atom. The lowest BCUT2D eigenvalue weighted by molar-refractivity contribution is 0.0692. The largest absolute Gasteiger partial charge is 0.478 e. The summed E-state index contributed by atoms with van der Waals surface area (Å²) in [6.07, 6.45) is 0. The predicted octanol–water partition coefficient (Wildman–Crippen LogP) is 3.33. The summed E-state index contributed by atoms with van der Waals surface area (Å²) >= 11 is 5.71. The summed E-state index contributed by atoms with van der Waals surface area (Å²) in [4.78, 5) is 10.7. The van der Waals surface area contributed by atoms with Gasteiger partial charge in [0.1, 0.15) is 5.82 Å². The number of halogens is 2. The lowest BCUT2D eigenvalue weighted by Gasteiger charge is -2.03. The van der Waals surface area contributed by atoms with E-state index in [1.807, 2.05) is 0 Å². The Morgan fingerprint density at radius 3 is 2.60 bits per heavy atom. The number of carboxylic acids is 1. The third-order valence-corrected chi connectivity index (χ3v) is 2.38. The molecular weight excluding hydrogens is 219 g/mol. The van der Waals surface area contributed by atoms with Gasteiger partial charge in [-0.25, -0.2) is 9.18 Å².